The largest absolute Gasteiger partial charge is 0.477 e. The molecule has 0 aromatic carbocycles. The highest BCUT2D eigenvalue weighted by molar-refractivity contribution is 5.75. The zero-order chi connectivity index (χ0) is 18.7. The molecule has 1 heterocycles. The number of ether oxygens (including phenoxy) is 3. The predicted octanol–water partition coefficient (Wildman–Crippen LogP) is -2.87. The maximum absolute atomic E-state index is 11.1. The van der Waals surface area contributed by atoms with Crippen molar-refractivity contribution in [1.29, 1.82) is 0 Å². The summed E-state index contributed by atoms with van der Waals surface area (Å²) in [7, 11) is 0. The lowest BCUT2D eigenvalue weighted by atomic mass is 9.91. The molecule has 138 valence electrons. The first kappa shape index (κ1) is 20.3. The van der Waals surface area contributed by atoms with Crippen LogP contribution >= 0.6 is 0 Å². The molecule has 11 heteroatoms. The van der Waals surface area contributed by atoms with Gasteiger partial charge < -0.3 is 39.7 Å². The molecule has 1 unspecified atom stereocenters. The Hall–Kier alpha value is -1.79. The van der Waals surface area contributed by atoms with Crippen LogP contribution < -0.4 is 0 Å². The number of esters is 2. The third kappa shape index (κ3) is 4.85. The normalized spacial score (nSPS) is 32.5. The van der Waals surface area contributed by atoms with Gasteiger partial charge in [-0.15, -0.1) is 0 Å². The van der Waals surface area contributed by atoms with E-state index in [0.717, 1.165) is 13.8 Å². The third-order valence-corrected chi connectivity index (χ3v) is 3.37. The maximum Gasteiger partial charge on any atom is 0.364 e. The molecule has 0 bridgehead atoms. The zero-order valence-corrected chi connectivity index (χ0v) is 13.0. The molecule has 0 radical (unpaired) electrons. The van der Waals surface area contributed by atoms with Gasteiger partial charge in [0, 0.05) is 20.3 Å². The standard InChI is InChI=1S/C13H20O11/c1-5(14)22-4-8(23-6(2)15)10(18)11-9(17)7(16)3-13(21,24-11)12(19)20/h7-11,16-18,21H,3-4H2,1-2H3,(H,19,20)/t7-,8+,9+,10+,11+,13?/m0/s1. The minimum absolute atomic E-state index is 0.607. The third-order valence-electron chi connectivity index (χ3n) is 3.37. The number of carbonyl (C=O) groups is 3. The topological polar surface area (TPSA) is 180 Å². The Kier molecular flexibility index (Phi) is 6.63. The van der Waals surface area contributed by atoms with Crippen molar-refractivity contribution in [2.75, 3.05) is 6.61 Å². The zero-order valence-electron chi connectivity index (χ0n) is 13.0. The van der Waals surface area contributed by atoms with E-state index in [9.17, 15) is 34.8 Å². The quantitative estimate of drug-likeness (QED) is 0.310. The van der Waals surface area contributed by atoms with Crippen molar-refractivity contribution in [1.82, 2.24) is 0 Å². The first-order chi connectivity index (χ1) is 11.0. The smallest absolute Gasteiger partial charge is 0.364 e. The van der Waals surface area contributed by atoms with Gasteiger partial charge in [-0.25, -0.2) is 4.79 Å². The van der Waals surface area contributed by atoms with Gasteiger partial charge in [0.05, 0.1) is 6.10 Å². The number of aliphatic hydroxyl groups is 4. The van der Waals surface area contributed by atoms with Crippen molar-refractivity contribution in [2.45, 2.75) is 56.6 Å². The van der Waals surface area contributed by atoms with Gasteiger partial charge in [-0.3, -0.25) is 9.59 Å². The molecule has 11 nitrogen and oxygen atoms in total. The number of aliphatic carboxylic acids is 1. The second-order valence-corrected chi connectivity index (χ2v) is 5.38. The van der Waals surface area contributed by atoms with E-state index >= 15 is 0 Å². The van der Waals surface area contributed by atoms with Gasteiger partial charge in [0.25, 0.3) is 5.79 Å². The summed E-state index contributed by atoms with van der Waals surface area (Å²) in [4.78, 5) is 33.0. The van der Waals surface area contributed by atoms with Crippen LogP contribution in [0.3, 0.4) is 0 Å². The highest BCUT2D eigenvalue weighted by Gasteiger charge is 2.53. The molecule has 0 aromatic rings. The van der Waals surface area contributed by atoms with E-state index in [1.54, 1.807) is 0 Å². The molecule has 1 fully saturated rings. The summed E-state index contributed by atoms with van der Waals surface area (Å²) >= 11 is 0. The Labute approximate surface area is 136 Å². The maximum atomic E-state index is 11.1. The van der Waals surface area contributed by atoms with Crippen molar-refractivity contribution >= 4 is 17.9 Å². The summed E-state index contributed by atoms with van der Waals surface area (Å²) < 4.78 is 14.2. The van der Waals surface area contributed by atoms with Crippen LogP contribution in [0.1, 0.15) is 20.3 Å². The van der Waals surface area contributed by atoms with Crippen molar-refractivity contribution in [3.8, 4) is 0 Å². The molecule has 1 aliphatic rings. The second-order valence-electron chi connectivity index (χ2n) is 5.38. The Morgan fingerprint density at radius 2 is 1.83 bits per heavy atom. The minimum Gasteiger partial charge on any atom is -0.477 e. The summed E-state index contributed by atoms with van der Waals surface area (Å²) in [6.07, 6.45) is -9.59. The van der Waals surface area contributed by atoms with E-state index in [4.69, 9.17) is 14.6 Å². The average molecular weight is 352 g/mol. The average Bonchev–Trinajstić information content (AvgIpc) is 2.46. The number of rotatable bonds is 6. The fourth-order valence-electron chi connectivity index (χ4n) is 2.20. The van der Waals surface area contributed by atoms with Crippen LogP contribution in [0.5, 0.6) is 0 Å². The molecule has 0 aliphatic carbocycles. The molecule has 1 aliphatic heterocycles. The van der Waals surface area contributed by atoms with Crippen molar-refractivity contribution in [2.24, 2.45) is 0 Å². The molecule has 6 atom stereocenters. The molecule has 0 amide bonds. The van der Waals surface area contributed by atoms with Crippen LogP contribution in [0.2, 0.25) is 0 Å². The van der Waals surface area contributed by atoms with Crippen LogP contribution in [0.25, 0.3) is 0 Å². The van der Waals surface area contributed by atoms with E-state index < -0.39 is 67.2 Å². The van der Waals surface area contributed by atoms with E-state index in [1.165, 1.54) is 0 Å². The summed E-state index contributed by atoms with van der Waals surface area (Å²) in [6.45, 7) is 1.47. The van der Waals surface area contributed by atoms with E-state index in [1.807, 2.05) is 0 Å². The lowest BCUT2D eigenvalue weighted by Crippen LogP contribution is -2.63. The van der Waals surface area contributed by atoms with Crippen LogP contribution in [0.4, 0.5) is 0 Å². The van der Waals surface area contributed by atoms with E-state index in [0.29, 0.717) is 0 Å². The lowest BCUT2D eigenvalue weighted by molar-refractivity contribution is -0.313. The van der Waals surface area contributed by atoms with E-state index in [2.05, 4.69) is 4.74 Å². The predicted molar refractivity (Wildman–Crippen MR) is 72.3 cm³/mol. The number of aliphatic hydroxyl groups excluding tert-OH is 3. The van der Waals surface area contributed by atoms with Gasteiger partial charge in [-0.05, 0) is 0 Å². The summed E-state index contributed by atoms with van der Waals surface area (Å²) in [5.74, 6) is -6.29. The van der Waals surface area contributed by atoms with Crippen LogP contribution in [0, 0.1) is 0 Å². The van der Waals surface area contributed by atoms with Gasteiger partial charge in [0.15, 0.2) is 6.10 Å². The highest BCUT2D eigenvalue weighted by Crippen LogP contribution is 2.30. The SMILES string of the molecule is CC(=O)OC[C@@H](OC(C)=O)[C@@H](O)[C@@H]1OC(O)(C(=O)O)C[C@H](O)[C@H]1O. The van der Waals surface area contributed by atoms with Gasteiger partial charge in [0.2, 0.25) is 0 Å². The van der Waals surface area contributed by atoms with Crippen molar-refractivity contribution < 1.29 is 54.1 Å². The number of hydrogen-bond acceptors (Lipinski definition) is 10. The van der Waals surface area contributed by atoms with Crippen molar-refractivity contribution in [3.63, 3.8) is 0 Å². The van der Waals surface area contributed by atoms with Crippen LogP contribution in [-0.4, -0.2) is 86.4 Å². The van der Waals surface area contributed by atoms with Gasteiger partial charge in [-0.1, -0.05) is 0 Å². The van der Waals surface area contributed by atoms with Gasteiger partial charge >= 0.3 is 17.9 Å². The number of hydrogen-bond donors (Lipinski definition) is 5. The molecule has 0 saturated carbocycles. The number of carboxylic acid groups (broad SMARTS) is 1. The fraction of sp³-hybridized carbons (Fsp3) is 0.769. The highest BCUT2D eigenvalue weighted by atomic mass is 16.7. The van der Waals surface area contributed by atoms with Gasteiger partial charge in [0.1, 0.15) is 24.9 Å². The first-order valence-electron chi connectivity index (χ1n) is 6.96. The Morgan fingerprint density at radius 3 is 2.29 bits per heavy atom. The monoisotopic (exact) mass is 352 g/mol. The van der Waals surface area contributed by atoms with Crippen molar-refractivity contribution in [3.05, 3.63) is 0 Å². The molecular weight excluding hydrogens is 332 g/mol. The molecule has 5 N–H and O–H groups in total. The van der Waals surface area contributed by atoms with Crippen LogP contribution in [0.15, 0.2) is 0 Å². The number of carboxylic acids is 1. The molecule has 1 rings (SSSR count). The Bertz CT molecular complexity index is 492. The van der Waals surface area contributed by atoms with Gasteiger partial charge in [-0.2, -0.15) is 0 Å². The summed E-state index contributed by atoms with van der Waals surface area (Å²) in [5.41, 5.74) is 0. The molecule has 0 spiro atoms. The Balaban J connectivity index is 2.99. The Morgan fingerprint density at radius 1 is 1.25 bits per heavy atom. The van der Waals surface area contributed by atoms with E-state index in [-0.39, 0.29) is 0 Å². The molecule has 1 saturated heterocycles. The summed E-state index contributed by atoms with van der Waals surface area (Å²) in [5, 5.41) is 48.6. The fourth-order valence-corrected chi connectivity index (χ4v) is 2.20. The van der Waals surface area contributed by atoms with Crippen LogP contribution in [-0.2, 0) is 28.6 Å². The molecule has 0 aromatic heterocycles. The lowest BCUT2D eigenvalue weighted by Gasteiger charge is -2.42. The number of carbonyl (C=O) groups excluding carboxylic acids is 2. The minimum atomic E-state index is -2.85. The first-order valence-corrected chi connectivity index (χ1v) is 6.96. The second kappa shape index (κ2) is 7.85. The summed E-state index contributed by atoms with van der Waals surface area (Å²) in [6, 6.07) is 0. The molecule has 24 heavy (non-hydrogen) atoms. The molecular formula is C13H20O11.